The fourth-order valence-electron chi connectivity index (χ4n) is 4.58. The largest absolute Gasteiger partial charge is 0.355 e. The summed E-state index contributed by atoms with van der Waals surface area (Å²) < 4.78 is 34.2. The van der Waals surface area contributed by atoms with E-state index in [0.29, 0.717) is 25.1 Å². The van der Waals surface area contributed by atoms with Crippen molar-refractivity contribution < 1.29 is 17.7 Å². The number of nitrogens with zero attached hydrogens (tertiary/aromatic N) is 2. The number of piperidine rings is 1. The minimum Gasteiger partial charge on any atom is -0.355 e. The van der Waals surface area contributed by atoms with Gasteiger partial charge in [-0.05, 0) is 62.8 Å². The Balaban J connectivity index is 1.54. The summed E-state index contributed by atoms with van der Waals surface area (Å²) in [6.07, 6.45) is 5.47. The van der Waals surface area contributed by atoms with Gasteiger partial charge in [0.05, 0.1) is 5.92 Å². The van der Waals surface area contributed by atoms with Crippen LogP contribution in [0.3, 0.4) is 0 Å². The Kier molecular flexibility index (Phi) is 7.76. The van der Waals surface area contributed by atoms with Gasteiger partial charge >= 0.3 is 0 Å². The first-order valence-electron chi connectivity index (χ1n) is 12.3. The van der Waals surface area contributed by atoms with Crippen LogP contribution in [0.2, 0.25) is 0 Å². The third-order valence-corrected chi connectivity index (χ3v) is 8.70. The molecule has 1 N–H and O–H groups in total. The van der Waals surface area contributed by atoms with Gasteiger partial charge in [0.25, 0.3) is 0 Å². The van der Waals surface area contributed by atoms with E-state index < -0.39 is 15.9 Å². The van der Waals surface area contributed by atoms with Crippen molar-refractivity contribution in [2.75, 3.05) is 18.4 Å². The van der Waals surface area contributed by atoms with Gasteiger partial charge in [-0.15, -0.1) is 0 Å². The summed E-state index contributed by atoms with van der Waals surface area (Å²) in [7, 11) is -3.91. The Hall–Kier alpha value is -3.23. The third-order valence-electron chi connectivity index (χ3n) is 6.68. The molecular weight excluding hydrogens is 474 g/mol. The van der Waals surface area contributed by atoms with Gasteiger partial charge in [0.1, 0.15) is 5.69 Å². The molecular formula is C28H33N3O4S. The first-order valence-corrected chi connectivity index (χ1v) is 13.7. The number of anilines is 1. The molecule has 8 heteroatoms. The van der Waals surface area contributed by atoms with Gasteiger partial charge in [-0.2, -0.15) is 4.31 Å². The Morgan fingerprint density at radius 3 is 2.61 bits per heavy atom. The van der Waals surface area contributed by atoms with Crippen molar-refractivity contribution in [3.63, 3.8) is 0 Å². The topological polar surface area (TPSA) is 92.5 Å². The van der Waals surface area contributed by atoms with Gasteiger partial charge < -0.3 is 9.84 Å². The maximum Gasteiger partial charge on any atom is 0.248 e. The van der Waals surface area contributed by atoms with Crippen LogP contribution in [0.4, 0.5) is 5.69 Å². The second-order valence-electron chi connectivity index (χ2n) is 9.36. The molecule has 1 aliphatic heterocycles. The SMILES string of the molecule is CCc1cccc(C)c1NC(=O)[C@H]1CCCN(S(=O)(=O)c2c(C)noc2/C=C/c2ccc(C)cc2)C1. The summed E-state index contributed by atoms with van der Waals surface area (Å²) in [4.78, 5) is 13.2. The quantitative estimate of drug-likeness (QED) is 0.464. The number of carbonyl (C=O) groups is 1. The van der Waals surface area contributed by atoms with Gasteiger partial charge in [0.15, 0.2) is 10.7 Å². The molecule has 2 aromatic carbocycles. The number of carbonyl (C=O) groups excluding carboxylic acids is 1. The molecule has 2 heterocycles. The predicted molar refractivity (Wildman–Crippen MR) is 142 cm³/mol. The number of aromatic nitrogens is 1. The van der Waals surface area contributed by atoms with E-state index in [0.717, 1.165) is 34.4 Å². The van der Waals surface area contributed by atoms with Crippen LogP contribution >= 0.6 is 0 Å². The fourth-order valence-corrected chi connectivity index (χ4v) is 6.35. The zero-order valence-corrected chi connectivity index (χ0v) is 22.1. The highest BCUT2D eigenvalue weighted by molar-refractivity contribution is 7.89. The molecule has 0 aliphatic carbocycles. The van der Waals surface area contributed by atoms with Crippen LogP contribution in [0.5, 0.6) is 0 Å². The van der Waals surface area contributed by atoms with Crippen molar-refractivity contribution in [3.05, 3.63) is 76.2 Å². The highest BCUT2D eigenvalue weighted by Gasteiger charge is 2.37. The van der Waals surface area contributed by atoms with Gasteiger partial charge in [0.2, 0.25) is 15.9 Å². The summed E-state index contributed by atoms with van der Waals surface area (Å²) in [5.74, 6) is -0.405. The lowest BCUT2D eigenvalue weighted by atomic mass is 9.98. The number of hydrogen-bond acceptors (Lipinski definition) is 5. The minimum atomic E-state index is -3.91. The third kappa shape index (κ3) is 5.44. The molecule has 0 bridgehead atoms. The van der Waals surface area contributed by atoms with E-state index in [1.165, 1.54) is 4.31 Å². The lowest BCUT2D eigenvalue weighted by Crippen LogP contribution is -2.44. The summed E-state index contributed by atoms with van der Waals surface area (Å²) in [6, 6.07) is 13.8. The van der Waals surface area contributed by atoms with Crippen LogP contribution in [0.1, 0.15) is 53.5 Å². The molecule has 4 rings (SSSR count). The van der Waals surface area contributed by atoms with Crippen LogP contribution in [0, 0.1) is 26.7 Å². The summed E-state index contributed by atoms with van der Waals surface area (Å²) in [5, 5.41) is 7.00. The molecule has 36 heavy (non-hydrogen) atoms. The summed E-state index contributed by atoms with van der Waals surface area (Å²) in [5.41, 5.74) is 5.25. The van der Waals surface area contributed by atoms with E-state index in [-0.39, 0.29) is 23.1 Å². The normalized spacial score (nSPS) is 16.9. The zero-order chi connectivity index (χ0) is 25.9. The number of sulfonamides is 1. The predicted octanol–water partition coefficient (Wildman–Crippen LogP) is 5.37. The van der Waals surface area contributed by atoms with Crippen molar-refractivity contribution in [1.82, 2.24) is 9.46 Å². The number of hydrogen-bond donors (Lipinski definition) is 1. The lowest BCUT2D eigenvalue weighted by molar-refractivity contribution is -0.120. The van der Waals surface area contributed by atoms with Gasteiger partial charge in [-0.3, -0.25) is 4.79 Å². The molecule has 1 atom stereocenters. The number of amides is 1. The van der Waals surface area contributed by atoms with Crippen LogP contribution < -0.4 is 5.32 Å². The first-order chi connectivity index (χ1) is 17.2. The van der Waals surface area contributed by atoms with E-state index in [1.807, 2.05) is 63.2 Å². The Labute approximate surface area is 213 Å². The fraction of sp³-hybridized carbons (Fsp3) is 0.357. The van der Waals surface area contributed by atoms with E-state index in [2.05, 4.69) is 10.5 Å². The van der Waals surface area contributed by atoms with E-state index in [9.17, 15) is 13.2 Å². The maximum atomic E-state index is 13.7. The molecule has 0 spiro atoms. The second kappa shape index (κ2) is 10.8. The number of benzene rings is 2. The maximum absolute atomic E-state index is 13.7. The monoisotopic (exact) mass is 507 g/mol. The van der Waals surface area contributed by atoms with Crippen molar-refractivity contribution in [1.29, 1.82) is 0 Å². The standard InChI is InChI=1S/C28H33N3O4S/c1-5-23-9-6-8-20(3)26(23)29-28(32)24-10-7-17-31(18-24)36(33,34)27-21(4)30-35-25(27)16-15-22-13-11-19(2)12-14-22/h6,8-9,11-16,24H,5,7,10,17-18H2,1-4H3,(H,29,32)/b16-15+/t24-/m0/s1. The van der Waals surface area contributed by atoms with Gasteiger partial charge in [-0.1, -0.05) is 66.2 Å². The Morgan fingerprint density at radius 1 is 1.14 bits per heavy atom. The average Bonchev–Trinajstić information content (AvgIpc) is 3.26. The Bertz CT molecular complexity index is 1370. The summed E-state index contributed by atoms with van der Waals surface area (Å²) >= 11 is 0. The smallest absolute Gasteiger partial charge is 0.248 e. The van der Waals surface area contributed by atoms with Crippen LogP contribution in [-0.4, -0.2) is 36.9 Å². The van der Waals surface area contributed by atoms with E-state index in [4.69, 9.17) is 4.52 Å². The molecule has 1 saturated heterocycles. The number of nitrogens with one attached hydrogen (secondary N) is 1. The van der Waals surface area contributed by atoms with Crippen molar-refractivity contribution in [3.8, 4) is 0 Å². The number of aryl methyl sites for hydroxylation is 4. The first kappa shape index (κ1) is 25.9. The molecule has 190 valence electrons. The number of rotatable bonds is 7. The molecule has 0 saturated carbocycles. The van der Waals surface area contributed by atoms with Gasteiger partial charge in [0, 0.05) is 18.8 Å². The second-order valence-corrected chi connectivity index (χ2v) is 11.2. The van der Waals surface area contributed by atoms with Crippen LogP contribution in [0.15, 0.2) is 51.9 Å². The zero-order valence-electron chi connectivity index (χ0n) is 21.2. The molecule has 1 aromatic heterocycles. The summed E-state index contributed by atoms with van der Waals surface area (Å²) in [6.45, 7) is 8.11. The minimum absolute atomic E-state index is 0.0547. The molecule has 0 unspecified atom stereocenters. The van der Waals surface area contributed by atoms with Crippen molar-refractivity contribution >= 4 is 33.8 Å². The molecule has 1 fully saturated rings. The number of para-hydroxylation sites is 1. The molecule has 0 radical (unpaired) electrons. The van der Waals surface area contributed by atoms with Crippen LogP contribution in [-0.2, 0) is 21.2 Å². The Morgan fingerprint density at radius 2 is 1.89 bits per heavy atom. The highest BCUT2D eigenvalue weighted by atomic mass is 32.2. The van der Waals surface area contributed by atoms with Crippen LogP contribution in [0.25, 0.3) is 12.2 Å². The molecule has 1 amide bonds. The van der Waals surface area contributed by atoms with Gasteiger partial charge in [-0.25, -0.2) is 8.42 Å². The molecule has 7 nitrogen and oxygen atoms in total. The molecule has 1 aliphatic rings. The van der Waals surface area contributed by atoms with Crippen molar-refractivity contribution in [2.45, 2.75) is 51.9 Å². The highest BCUT2D eigenvalue weighted by Crippen LogP contribution is 2.30. The van der Waals surface area contributed by atoms with Crippen molar-refractivity contribution in [2.24, 2.45) is 5.92 Å². The average molecular weight is 508 g/mol. The lowest BCUT2D eigenvalue weighted by Gasteiger charge is -2.31. The molecule has 3 aromatic rings. The van der Waals surface area contributed by atoms with E-state index in [1.54, 1.807) is 19.1 Å². The van der Waals surface area contributed by atoms with E-state index >= 15 is 0 Å².